The lowest BCUT2D eigenvalue weighted by Crippen LogP contribution is -2.33. The maximum atomic E-state index is 9.83. The number of aryl methyl sites for hydroxylation is 1. The van der Waals surface area contributed by atoms with Crippen molar-refractivity contribution >= 4 is 17.3 Å². The molecule has 2 aromatic carbocycles. The summed E-state index contributed by atoms with van der Waals surface area (Å²) in [5.74, 6) is 2.53. The second kappa shape index (κ2) is 6.06. The lowest BCUT2D eigenvalue weighted by atomic mass is 9.96. The maximum Gasteiger partial charge on any atom is 0.246 e. The van der Waals surface area contributed by atoms with E-state index in [0.717, 1.165) is 28.3 Å². The molecule has 5 rings (SSSR count). The molecule has 136 valence electrons. The summed E-state index contributed by atoms with van der Waals surface area (Å²) in [4.78, 5) is 0. The average Bonchev–Trinajstić information content (AvgIpc) is 3.28. The molecule has 1 N–H and O–H groups in total. The van der Waals surface area contributed by atoms with Crippen molar-refractivity contribution in [1.82, 2.24) is 5.01 Å². The Balaban J connectivity index is 1.61. The first kappa shape index (κ1) is 16.3. The van der Waals surface area contributed by atoms with E-state index in [1.54, 1.807) is 12.1 Å². The largest absolute Gasteiger partial charge is 0.508 e. The Morgan fingerprint density at radius 1 is 1.15 bits per heavy atom. The zero-order valence-electron chi connectivity index (χ0n) is 14.6. The molecule has 0 saturated heterocycles. The Kier molecular flexibility index (Phi) is 3.65. The molecular weight excluding hydrogens is 364 g/mol. The van der Waals surface area contributed by atoms with Crippen molar-refractivity contribution in [3.05, 3.63) is 82.3 Å². The number of phenolic OH excluding ortho intramolecular Hbond substituents is 1. The van der Waals surface area contributed by atoms with Gasteiger partial charge < -0.3 is 14.3 Å². The highest BCUT2D eigenvalue weighted by molar-refractivity contribution is 6.30. The van der Waals surface area contributed by atoms with Crippen LogP contribution in [0.5, 0.6) is 11.5 Å². The molecule has 0 bridgehead atoms. The van der Waals surface area contributed by atoms with E-state index in [2.05, 4.69) is 0 Å². The number of phenols is 1. The highest BCUT2D eigenvalue weighted by Gasteiger charge is 2.42. The molecule has 0 radical (unpaired) electrons. The van der Waals surface area contributed by atoms with Gasteiger partial charge in [-0.15, -0.1) is 0 Å². The van der Waals surface area contributed by atoms with Gasteiger partial charge in [-0.2, -0.15) is 5.10 Å². The number of ether oxygens (including phenoxy) is 1. The molecule has 1 aromatic heterocycles. The standard InChI is InChI=1S/C21H17ClN2O3/c1-12-5-7-20(26-12)21-24-18(16-10-14(22)6-8-19(16)27-21)11-17(23-24)13-3-2-4-15(25)9-13/h2-10,18,21,25H,11H2,1H3/t18-,21-/m0/s1. The van der Waals surface area contributed by atoms with Gasteiger partial charge in [0.2, 0.25) is 6.23 Å². The van der Waals surface area contributed by atoms with E-state index in [-0.39, 0.29) is 11.8 Å². The van der Waals surface area contributed by atoms with E-state index < -0.39 is 6.23 Å². The molecule has 0 amide bonds. The quantitative estimate of drug-likeness (QED) is 0.664. The molecule has 6 heteroatoms. The van der Waals surface area contributed by atoms with Crippen molar-refractivity contribution in [3.63, 3.8) is 0 Å². The Morgan fingerprint density at radius 3 is 2.81 bits per heavy atom. The summed E-state index contributed by atoms with van der Waals surface area (Å²) >= 11 is 6.23. The predicted octanol–water partition coefficient (Wildman–Crippen LogP) is 5.19. The summed E-state index contributed by atoms with van der Waals surface area (Å²) in [6.07, 6.45) is 0.239. The molecule has 0 saturated carbocycles. The van der Waals surface area contributed by atoms with E-state index in [1.165, 1.54) is 0 Å². The summed E-state index contributed by atoms with van der Waals surface area (Å²) in [5, 5.41) is 17.3. The Bertz CT molecular complexity index is 1060. The molecule has 0 aliphatic carbocycles. The molecule has 5 nitrogen and oxygen atoms in total. The third-order valence-electron chi connectivity index (χ3n) is 4.94. The average molecular weight is 381 g/mol. The number of fused-ring (bicyclic) bond motifs is 3. The minimum absolute atomic E-state index is 0.0137. The van der Waals surface area contributed by atoms with Gasteiger partial charge in [0.1, 0.15) is 17.3 Å². The first-order chi connectivity index (χ1) is 13.1. The molecule has 3 heterocycles. The van der Waals surface area contributed by atoms with Gasteiger partial charge in [0, 0.05) is 22.6 Å². The number of hydrogen-bond donors (Lipinski definition) is 1. The van der Waals surface area contributed by atoms with Crippen LogP contribution in [0.3, 0.4) is 0 Å². The van der Waals surface area contributed by atoms with Gasteiger partial charge in [-0.25, -0.2) is 5.01 Å². The summed E-state index contributed by atoms with van der Waals surface area (Å²) in [6, 6.07) is 16.6. The summed E-state index contributed by atoms with van der Waals surface area (Å²) < 4.78 is 12.1. The summed E-state index contributed by atoms with van der Waals surface area (Å²) in [6.45, 7) is 1.91. The molecule has 0 fully saturated rings. The summed E-state index contributed by atoms with van der Waals surface area (Å²) in [5.41, 5.74) is 2.78. The minimum atomic E-state index is -0.452. The van der Waals surface area contributed by atoms with E-state index in [9.17, 15) is 5.11 Å². The van der Waals surface area contributed by atoms with Gasteiger partial charge >= 0.3 is 0 Å². The zero-order chi connectivity index (χ0) is 18.5. The second-order valence-corrected chi connectivity index (χ2v) is 7.23. The molecule has 2 aliphatic heterocycles. The molecule has 2 atom stereocenters. The third kappa shape index (κ3) is 2.75. The van der Waals surface area contributed by atoms with Gasteiger partial charge in [-0.1, -0.05) is 23.7 Å². The van der Waals surface area contributed by atoms with Crippen LogP contribution in [0.15, 0.2) is 64.1 Å². The monoisotopic (exact) mass is 380 g/mol. The fourth-order valence-corrected chi connectivity index (χ4v) is 3.87. The van der Waals surface area contributed by atoms with Crippen LogP contribution < -0.4 is 4.74 Å². The van der Waals surface area contributed by atoms with Crippen LogP contribution in [-0.4, -0.2) is 15.8 Å². The van der Waals surface area contributed by atoms with E-state index in [4.69, 9.17) is 25.9 Å². The lowest BCUT2D eigenvalue weighted by Gasteiger charge is -2.37. The SMILES string of the molecule is Cc1ccc([C@@H]2Oc3ccc(Cl)cc3[C@@H]3CC(c4cccc(O)c4)=NN32)o1. The van der Waals surface area contributed by atoms with Crippen molar-refractivity contribution in [3.8, 4) is 11.5 Å². The van der Waals surface area contributed by atoms with Gasteiger partial charge in [-0.05, 0) is 49.4 Å². The number of hydrazone groups is 1. The topological polar surface area (TPSA) is 58.2 Å². The predicted molar refractivity (Wildman–Crippen MR) is 102 cm³/mol. The number of halogens is 1. The van der Waals surface area contributed by atoms with Crippen LogP contribution in [-0.2, 0) is 0 Å². The van der Waals surface area contributed by atoms with Gasteiger partial charge in [-0.3, -0.25) is 0 Å². The highest BCUT2D eigenvalue weighted by atomic mass is 35.5. The highest BCUT2D eigenvalue weighted by Crippen LogP contribution is 2.48. The number of rotatable bonds is 2. The number of hydrogen-bond acceptors (Lipinski definition) is 5. The number of benzene rings is 2. The Hall–Kier alpha value is -2.92. The van der Waals surface area contributed by atoms with Crippen molar-refractivity contribution in [2.45, 2.75) is 25.6 Å². The Labute approximate surface area is 161 Å². The van der Waals surface area contributed by atoms with Crippen molar-refractivity contribution in [2.24, 2.45) is 5.10 Å². The number of furan rings is 1. The molecule has 0 spiro atoms. The molecule has 3 aromatic rings. The molecular formula is C21H17ClN2O3. The van der Waals surface area contributed by atoms with Gasteiger partial charge in [0.05, 0.1) is 11.8 Å². The molecule has 2 aliphatic rings. The van der Waals surface area contributed by atoms with Crippen LogP contribution in [0.2, 0.25) is 5.02 Å². The normalized spacial score (nSPS) is 20.7. The van der Waals surface area contributed by atoms with E-state index in [0.29, 0.717) is 17.2 Å². The van der Waals surface area contributed by atoms with Crippen molar-refractivity contribution < 1.29 is 14.3 Å². The maximum absolute atomic E-state index is 9.83. The first-order valence-electron chi connectivity index (χ1n) is 8.76. The van der Waals surface area contributed by atoms with Crippen LogP contribution in [0.1, 0.15) is 41.3 Å². The van der Waals surface area contributed by atoms with E-state index in [1.807, 2.05) is 54.4 Å². The third-order valence-corrected chi connectivity index (χ3v) is 5.17. The van der Waals surface area contributed by atoms with Crippen LogP contribution >= 0.6 is 11.6 Å². The van der Waals surface area contributed by atoms with Gasteiger partial charge in [0.25, 0.3) is 0 Å². The van der Waals surface area contributed by atoms with Crippen LogP contribution in [0, 0.1) is 6.92 Å². The smallest absolute Gasteiger partial charge is 0.246 e. The zero-order valence-corrected chi connectivity index (χ0v) is 15.3. The second-order valence-electron chi connectivity index (χ2n) is 6.80. The molecule has 0 unspecified atom stereocenters. The fourth-order valence-electron chi connectivity index (χ4n) is 3.69. The number of nitrogens with zero attached hydrogens (tertiary/aromatic N) is 2. The van der Waals surface area contributed by atoms with Crippen molar-refractivity contribution in [2.75, 3.05) is 0 Å². The summed E-state index contributed by atoms with van der Waals surface area (Å²) in [7, 11) is 0. The van der Waals surface area contributed by atoms with Gasteiger partial charge in [0.15, 0.2) is 5.76 Å². The number of aromatic hydroxyl groups is 1. The Morgan fingerprint density at radius 2 is 2.04 bits per heavy atom. The fraction of sp³-hybridized carbons (Fsp3) is 0.190. The van der Waals surface area contributed by atoms with Crippen molar-refractivity contribution in [1.29, 1.82) is 0 Å². The van der Waals surface area contributed by atoms with E-state index >= 15 is 0 Å². The minimum Gasteiger partial charge on any atom is -0.508 e. The first-order valence-corrected chi connectivity index (χ1v) is 9.14. The lowest BCUT2D eigenvalue weighted by molar-refractivity contribution is -0.0329. The van der Waals surface area contributed by atoms with Crippen LogP contribution in [0.25, 0.3) is 0 Å². The van der Waals surface area contributed by atoms with Crippen LogP contribution in [0.4, 0.5) is 0 Å². The molecule has 27 heavy (non-hydrogen) atoms.